The third-order valence-corrected chi connectivity index (χ3v) is 4.46. The summed E-state index contributed by atoms with van der Waals surface area (Å²) in [6.45, 7) is 13.5. The first-order valence-corrected chi connectivity index (χ1v) is 5.62. The molecule has 0 nitrogen and oxygen atoms in total. The fourth-order valence-electron chi connectivity index (χ4n) is 2.35. The SMILES string of the molecule is CC.CC1(C)C=CC2(CC2)C1(C)C. The normalized spacial score (nSPS) is 29.7. The lowest BCUT2D eigenvalue weighted by atomic mass is 9.64. The fraction of sp³-hybridized carbons (Fsp3) is 0.846. The molecule has 0 unspecified atom stereocenters. The van der Waals surface area contributed by atoms with Gasteiger partial charge in [0.2, 0.25) is 0 Å². The highest BCUT2D eigenvalue weighted by atomic mass is 14.6. The van der Waals surface area contributed by atoms with Gasteiger partial charge in [-0.3, -0.25) is 0 Å². The van der Waals surface area contributed by atoms with Gasteiger partial charge in [0.1, 0.15) is 0 Å². The first kappa shape index (κ1) is 10.8. The fourth-order valence-corrected chi connectivity index (χ4v) is 2.35. The summed E-state index contributed by atoms with van der Waals surface area (Å²) >= 11 is 0. The van der Waals surface area contributed by atoms with Crippen LogP contribution in [0.1, 0.15) is 54.4 Å². The van der Waals surface area contributed by atoms with Crippen molar-refractivity contribution in [1.82, 2.24) is 0 Å². The molecule has 2 rings (SSSR count). The van der Waals surface area contributed by atoms with Gasteiger partial charge in [-0.1, -0.05) is 53.7 Å². The molecule has 0 atom stereocenters. The maximum absolute atomic E-state index is 2.47. The minimum Gasteiger partial charge on any atom is -0.0817 e. The van der Waals surface area contributed by atoms with Crippen LogP contribution in [0.4, 0.5) is 0 Å². The molecule has 0 heteroatoms. The van der Waals surface area contributed by atoms with Gasteiger partial charge in [0.15, 0.2) is 0 Å². The summed E-state index contributed by atoms with van der Waals surface area (Å²) < 4.78 is 0. The lowest BCUT2D eigenvalue weighted by molar-refractivity contribution is 0.115. The largest absolute Gasteiger partial charge is 0.0817 e. The van der Waals surface area contributed by atoms with Gasteiger partial charge in [0, 0.05) is 0 Å². The van der Waals surface area contributed by atoms with Crippen LogP contribution in [0, 0.1) is 16.2 Å². The molecule has 0 aromatic rings. The molecule has 2 aliphatic carbocycles. The molecular weight excluding hydrogens is 156 g/mol. The molecule has 0 aromatic heterocycles. The van der Waals surface area contributed by atoms with E-state index in [-0.39, 0.29) is 0 Å². The predicted octanol–water partition coefficient (Wildman–Crippen LogP) is 4.42. The Labute approximate surface area is 83.4 Å². The second-order valence-electron chi connectivity index (χ2n) is 5.34. The van der Waals surface area contributed by atoms with E-state index in [1.54, 1.807) is 0 Å². The Hall–Kier alpha value is -0.260. The molecule has 0 heterocycles. The smallest absolute Gasteiger partial charge is 0.00582 e. The minimum absolute atomic E-state index is 0.406. The molecule has 1 saturated carbocycles. The summed E-state index contributed by atoms with van der Waals surface area (Å²) in [5, 5.41) is 0. The molecular formula is C13H24. The van der Waals surface area contributed by atoms with Crippen LogP contribution in [0.3, 0.4) is 0 Å². The monoisotopic (exact) mass is 180 g/mol. The first-order chi connectivity index (χ1) is 5.91. The average Bonchev–Trinajstić information content (AvgIpc) is 2.82. The van der Waals surface area contributed by atoms with Gasteiger partial charge >= 0.3 is 0 Å². The van der Waals surface area contributed by atoms with Crippen LogP contribution in [-0.2, 0) is 0 Å². The molecule has 1 spiro atoms. The van der Waals surface area contributed by atoms with Crippen LogP contribution in [-0.4, -0.2) is 0 Å². The van der Waals surface area contributed by atoms with Crippen molar-refractivity contribution in [2.75, 3.05) is 0 Å². The van der Waals surface area contributed by atoms with Crippen molar-refractivity contribution in [3.8, 4) is 0 Å². The van der Waals surface area contributed by atoms with Gasteiger partial charge in [-0.2, -0.15) is 0 Å². The van der Waals surface area contributed by atoms with E-state index in [4.69, 9.17) is 0 Å². The van der Waals surface area contributed by atoms with E-state index >= 15 is 0 Å². The molecule has 0 radical (unpaired) electrons. The maximum Gasteiger partial charge on any atom is -0.00582 e. The Morgan fingerprint density at radius 1 is 0.846 bits per heavy atom. The summed E-state index contributed by atoms with van der Waals surface area (Å²) in [5.41, 5.74) is 1.49. The van der Waals surface area contributed by atoms with E-state index in [2.05, 4.69) is 39.8 Å². The molecule has 0 bridgehead atoms. The molecule has 2 aliphatic rings. The quantitative estimate of drug-likeness (QED) is 0.484. The van der Waals surface area contributed by atoms with E-state index in [1.165, 1.54) is 12.8 Å². The molecule has 13 heavy (non-hydrogen) atoms. The Morgan fingerprint density at radius 2 is 1.31 bits per heavy atom. The summed E-state index contributed by atoms with van der Waals surface area (Å²) in [5.74, 6) is 0. The third kappa shape index (κ3) is 1.26. The van der Waals surface area contributed by atoms with Gasteiger partial charge in [-0.05, 0) is 29.1 Å². The van der Waals surface area contributed by atoms with E-state index in [0.717, 1.165) is 0 Å². The molecule has 76 valence electrons. The molecule has 0 saturated heterocycles. The number of rotatable bonds is 0. The van der Waals surface area contributed by atoms with E-state index in [9.17, 15) is 0 Å². The second-order valence-corrected chi connectivity index (χ2v) is 5.34. The van der Waals surface area contributed by atoms with Crippen LogP contribution in [0.25, 0.3) is 0 Å². The Balaban J connectivity index is 0.000000396. The minimum atomic E-state index is 0.406. The van der Waals surface area contributed by atoms with Crippen molar-refractivity contribution < 1.29 is 0 Å². The van der Waals surface area contributed by atoms with E-state index in [0.29, 0.717) is 16.2 Å². The van der Waals surface area contributed by atoms with Gasteiger partial charge in [-0.15, -0.1) is 0 Å². The Morgan fingerprint density at radius 3 is 1.46 bits per heavy atom. The number of hydrogen-bond acceptors (Lipinski definition) is 0. The van der Waals surface area contributed by atoms with Crippen molar-refractivity contribution in [2.24, 2.45) is 16.2 Å². The van der Waals surface area contributed by atoms with Crippen LogP contribution in [0.15, 0.2) is 12.2 Å². The molecule has 0 aliphatic heterocycles. The van der Waals surface area contributed by atoms with Crippen molar-refractivity contribution in [3.05, 3.63) is 12.2 Å². The van der Waals surface area contributed by atoms with Crippen LogP contribution in [0.5, 0.6) is 0 Å². The zero-order valence-corrected chi connectivity index (χ0v) is 10.1. The van der Waals surface area contributed by atoms with Gasteiger partial charge in [0.25, 0.3) is 0 Å². The summed E-state index contributed by atoms with van der Waals surface area (Å²) in [6.07, 6.45) is 7.72. The summed E-state index contributed by atoms with van der Waals surface area (Å²) in [7, 11) is 0. The third-order valence-electron chi connectivity index (χ3n) is 4.46. The van der Waals surface area contributed by atoms with E-state index < -0.39 is 0 Å². The number of hydrogen-bond donors (Lipinski definition) is 0. The topological polar surface area (TPSA) is 0 Å². The van der Waals surface area contributed by atoms with Gasteiger partial charge < -0.3 is 0 Å². The van der Waals surface area contributed by atoms with E-state index in [1.807, 2.05) is 13.8 Å². The highest BCUT2D eigenvalue weighted by molar-refractivity contribution is 5.28. The first-order valence-electron chi connectivity index (χ1n) is 5.62. The highest BCUT2D eigenvalue weighted by Gasteiger charge is 2.60. The van der Waals surface area contributed by atoms with Gasteiger partial charge in [0.05, 0.1) is 0 Å². The van der Waals surface area contributed by atoms with Crippen LogP contribution < -0.4 is 0 Å². The summed E-state index contributed by atoms with van der Waals surface area (Å²) in [4.78, 5) is 0. The highest BCUT2D eigenvalue weighted by Crippen LogP contribution is 2.69. The predicted molar refractivity (Wildman–Crippen MR) is 59.7 cm³/mol. The zero-order valence-electron chi connectivity index (χ0n) is 10.1. The molecule has 1 fully saturated rings. The van der Waals surface area contributed by atoms with Crippen molar-refractivity contribution in [3.63, 3.8) is 0 Å². The lowest BCUT2D eigenvalue weighted by Crippen LogP contribution is -2.33. The molecule has 0 N–H and O–H groups in total. The average molecular weight is 180 g/mol. The summed E-state index contributed by atoms with van der Waals surface area (Å²) in [6, 6.07) is 0. The van der Waals surface area contributed by atoms with Crippen molar-refractivity contribution >= 4 is 0 Å². The maximum atomic E-state index is 2.47. The Kier molecular flexibility index (Phi) is 2.38. The number of allylic oxidation sites excluding steroid dienone is 2. The van der Waals surface area contributed by atoms with Crippen molar-refractivity contribution in [1.29, 1.82) is 0 Å². The Bertz CT molecular complexity index is 204. The van der Waals surface area contributed by atoms with Crippen LogP contribution in [0.2, 0.25) is 0 Å². The van der Waals surface area contributed by atoms with Crippen molar-refractivity contribution in [2.45, 2.75) is 54.4 Å². The lowest BCUT2D eigenvalue weighted by Gasteiger charge is -2.39. The zero-order chi connectivity index (χ0) is 10.3. The van der Waals surface area contributed by atoms with Crippen LogP contribution >= 0.6 is 0 Å². The molecule has 0 aromatic carbocycles. The standard InChI is InChI=1S/C11H18.C2H6/c1-9(2)5-6-11(7-8-11)10(9,3)4;1-2/h5-6H,7-8H2,1-4H3;1-2H3. The van der Waals surface area contributed by atoms with Gasteiger partial charge in [-0.25, -0.2) is 0 Å². The second kappa shape index (κ2) is 2.87. The molecule has 0 amide bonds.